The molecule has 1 amide bonds. The van der Waals surface area contributed by atoms with Crippen LogP contribution in [0.4, 0.5) is 0 Å². The van der Waals surface area contributed by atoms with Crippen LogP contribution in [0.1, 0.15) is 44.9 Å². The summed E-state index contributed by atoms with van der Waals surface area (Å²) in [5.41, 5.74) is 6.33. The molecule has 2 N–H and O–H groups in total. The van der Waals surface area contributed by atoms with Crippen LogP contribution in [0.25, 0.3) is 0 Å². The van der Waals surface area contributed by atoms with Gasteiger partial charge in [-0.3, -0.25) is 15.6 Å². The molecule has 3 fully saturated rings. The Morgan fingerprint density at radius 2 is 1.86 bits per heavy atom. The SMILES string of the molecule is O=C(/C=C/C1CCCCC1)N(CC1CCCS1)C1CNNC1. The topological polar surface area (TPSA) is 44.4 Å². The van der Waals surface area contributed by atoms with Crippen molar-refractivity contribution in [3.05, 3.63) is 12.2 Å². The highest BCUT2D eigenvalue weighted by Crippen LogP contribution is 2.28. The van der Waals surface area contributed by atoms with Crippen LogP contribution in [0.15, 0.2) is 12.2 Å². The first-order valence-electron chi connectivity index (χ1n) is 8.89. The third-order valence-electron chi connectivity index (χ3n) is 5.11. The second-order valence-corrected chi connectivity index (χ2v) is 8.21. The lowest BCUT2D eigenvalue weighted by molar-refractivity contribution is -0.127. The van der Waals surface area contributed by atoms with E-state index in [0.717, 1.165) is 19.6 Å². The molecule has 2 saturated heterocycles. The molecule has 0 aromatic heterocycles. The first-order chi connectivity index (χ1) is 10.8. The van der Waals surface area contributed by atoms with Gasteiger partial charge in [0.15, 0.2) is 0 Å². The molecule has 22 heavy (non-hydrogen) atoms. The summed E-state index contributed by atoms with van der Waals surface area (Å²) in [5, 5.41) is 0.632. The van der Waals surface area contributed by atoms with Crippen LogP contribution in [0.5, 0.6) is 0 Å². The number of nitrogens with zero attached hydrogens (tertiary/aromatic N) is 1. The standard InChI is InChI=1S/C17H29N3OS/c21-17(9-8-14-5-2-1-3-6-14)20(15-11-18-19-12-15)13-16-7-4-10-22-16/h8-9,14-16,18-19H,1-7,10-13H2/b9-8+. The number of rotatable bonds is 5. The highest BCUT2D eigenvalue weighted by molar-refractivity contribution is 8.00. The van der Waals surface area contributed by atoms with Crippen molar-refractivity contribution >= 4 is 17.7 Å². The fourth-order valence-electron chi connectivity index (χ4n) is 3.74. The fraction of sp³-hybridized carbons (Fsp3) is 0.824. The molecule has 0 spiro atoms. The average molecular weight is 324 g/mol. The lowest BCUT2D eigenvalue weighted by atomic mass is 9.89. The third kappa shape index (κ3) is 4.49. The van der Waals surface area contributed by atoms with Crippen LogP contribution in [0.3, 0.4) is 0 Å². The number of carbonyl (C=O) groups excluding carboxylic acids is 1. The zero-order valence-electron chi connectivity index (χ0n) is 13.4. The first kappa shape index (κ1) is 16.3. The van der Waals surface area contributed by atoms with E-state index in [9.17, 15) is 4.79 Å². The fourth-order valence-corrected chi connectivity index (χ4v) is 5.01. The van der Waals surface area contributed by atoms with Crippen molar-refractivity contribution in [3.8, 4) is 0 Å². The molecule has 3 rings (SSSR count). The van der Waals surface area contributed by atoms with Crippen molar-refractivity contribution in [1.29, 1.82) is 0 Å². The van der Waals surface area contributed by atoms with Gasteiger partial charge in [-0.1, -0.05) is 25.3 Å². The van der Waals surface area contributed by atoms with Crippen molar-refractivity contribution in [2.24, 2.45) is 5.92 Å². The number of hydrogen-bond acceptors (Lipinski definition) is 4. The maximum atomic E-state index is 12.7. The van der Waals surface area contributed by atoms with Crippen molar-refractivity contribution in [3.63, 3.8) is 0 Å². The van der Waals surface area contributed by atoms with Crippen LogP contribution >= 0.6 is 11.8 Å². The highest BCUT2D eigenvalue weighted by atomic mass is 32.2. The summed E-state index contributed by atoms with van der Waals surface area (Å²) in [5.74, 6) is 2.10. The van der Waals surface area contributed by atoms with Gasteiger partial charge in [0.1, 0.15) is 0 Å². The van der Waals surface area contributed by atoms with Gasteiger partial charge < -0.3 is 4.90 Å². The van der Waals surface area contributed by atoms with Gasteiger partial charge in [0.05, 0.1) is 6.04 Å². The molecule has 0 bridgehead atoms. The summed E-state index contributed by atoms with van der Waals surface area (Å²) in [6.45, 7) is 2.63. The van der Waals surface area contributed by atoms with Crippen LogP contribution in [-0.4, -0.2) is 47.5 Å². The second kappa shape index (κ2) is 8.37. The quantitative estimate of drug-likeness (QED) is 0.762. The minimum Gasteiger partial charge on any atom is -0.332 e. The maximum absolute atomic E-state index is 12.7. The molecule has 1 unspecified atom stereocenters. The average Bonchev–Trinajstić information content (AvgIpc) is 3.24. The van der Waals surface area contributed by atoms with Crippen molar-refractivity contribution in [1.82, 2.24) is 15.8 Å². The zero-order chi connectivity index (χ0) is 15.2. The smallest absolute Gasteiger partial charge is 0.246 e. The summed E-state index contributed by atoms with van der Waals surface area (Å²) in [4.78, 5) is 14.8. The highest BCUT2D eigenvalue weighted by Gasteiger charge is 2.29. The second-order valence-electron chi connectivity index (χ2n) is 6.80. The molecular weight excluding hydrogens is 294 g/mol. The molecule has 2 aliphatic heterocycles. The Labute approximate surface area is 138 Å². The summed E-state index contributed by atoms with van der Waals surface area (Å²) < 4.78 is 0. The molecule has 124 valence electrons. The van der Waals surface area contributed by atoms with E-state index >= 15 is 0 Å². The van der Waals surface area contributed by atoms with Gasteiger partial charge in [0.2, 0.25) is 5.91 Å². The van der Waals surface area contributed by atoms with E-state index < -0.39 is 0 Å². The monoisotopic (exact) mass is 323 g/mol. The van der Waals surface area contributed by atoms with Gasteiger partial charge in [-0.2, -0.15) is 11.8 Å². The Kier molecular flexibility index (Phi) is 6.21. The normalized spacial score (nSPS) is 27.7. The molecule has 0 radical (unpaired) electrons. The Morgan fingerprint density at radius 1 is 1.09 bits per heavy atom. The van der Waals surface area contributed by atoms with Crippen LogP contribution in [0.2, 0.25) is 0 Å². The van der Waals surface area contributed by atoms with Crippen LogP contribution in [0, 0.1) is 5.92 Å². The Balaban J connectivity index is 1.58. The third-order valence-corrected chi connectivity index (χ3v) is 6.49. The van der Waals surface area contributed by atoms with Gasteiger partial charge in [-0.05, 0) is 43.4 Å². The number of hydrogen-bond donors (Lipinski definition) is 2. The molecule has 5 heteroatoms. The van der Waals surface area contributed by atoms with E-state index in [1.807, 2.05) is 17.8 Å². The van der Waals surface area contributed by atoms with Crippen molar-refractivity contribution in [2.45, 2.75) is 56.2 Å². The summed E-state index contributed by atoms with van der Waals surface area (Å²) in [7, 11) is 0. The molecule has 0 aromatic carbocycles. The van der Waals surface area contributed by atoms with Gasteiger partial charge in [0.25, 0.3) is 0 Å². The molecule has 1 saturated carbocycles. The largest absolute Gasteiger partial charge is 0.332 e. The lowest BCUT2D eigenvalue weighted by Gasteiger charge is -2.29. The Bertz CT molecular complexity index is 383. The van der Waals surface area contributed by atoms with Gasteiger partial charge in [-0.25, -0.2) is 0 Å². The number of amides is 1. The minimum absolute atomic E-state index is 0.216. The molecule has 0 aromatic rings. The Hall–Kier alpha value is -0.520. The van der Waals surface area contributed by atoms with Crippen molar-refractivity contribution in [2.75, 3.05) is 25.4 Å². The molecule has 1 aliphatic carbocycles. The minimum atomic E-state index is 0.216. The lowest BCUT2D eigenvalue weighted by Crippen LogP contribution is -2.45. The van der Waals surface area contributed by atoms with Gasteiger partial charge in [0, 0.05) is 24.9 Å². The molecule has 2 heterocycles. The van der Waals surface area contributed by atoms with E-state index in [-0.39, 0.29) is 5.91 Å². The predicted octanol–water partition coefficient (Wildman–Crippen LogP) is 2.32. The predicted molar refractivity (Wildman–Crippen MR) is 92.7 cm³/mol. The van der Waals surface area contributed by atoms with E-state index in [1.54, 1.807) is 0 Å². The summed E-state index contributed by atoms with van der Waals surface area (Å²) in [6, 6.07) is 0.296. The number of nitrogens with one attached hydrogen (secondary N) is 2. The van der Waals surface area contributed by atoms with E-state index in [2.05, 4.69) is 21.8 Å². The molecule has 3 aliphatic rings. The molecular formula is C17H29N3OS. The van der Waals surface area contributed by atoms with Gasteiger partial charge in [-0.15, -0.1) is 0 Å². The van der Waals surface area contributed by atoms with E-state index in [4.69, 9.17) is 0 Å². The summed E-state index contributed by atoms with van der Waals surface area (Å²) in [6.07, 6.45) is 13.1. The van der Waals surface area contributed by atoms with E-state index in [1.165, 1.54) is 50.7 Å². The maximum Gasteiger partial charge on any atom is 0.246 e. The van der Waals surface area contributed by atoms with Crippen LogP contribution < -0.4 is 10.9 Å². The Morgan fingerprint density at radius 3 is 2.55 bits per heavy atom. The van der Waals surface area contributed by atoms with Crippen molar-refractivity contribution < 1.29 is 4.79 Å². The van der Waals surface area contributed by atoms with Crippen LogP contribution in [-0.2, 0) is 4.79 Å². The van der Waals surface area contributed by atoms with Gasteiger partial charge >= 0.3 is 0 Å². The molecule has 1 atom stereocenters. The molecule has 4 nitrogen and oxygen atoms in total. The first-order valence-corrected chi connectivity index (χ1v) is 9.94. The number of thioether (sulfide) groups is 1. The van der Waals surface area contributed by atoms with E-state index in [0.29, 0.717) is 17.2 Å². The number of carbonyl (C=O) groups is 1. The zero-order valence-corrected chi connectivity index (χ0v) is 14.2. The summed E-state index contributed by atoms with van der Waals surface area (Å²) >= 11 is 2.03. The number of hydrazine groups is 1. The number of allylic oxidation sites excluding steroid dienone is 1.